The molecule has 31 heavy (non-hydrogen) atoms. The van der Waals surface area contributed by atoms with Crippen LogP contribution in [0.2, 0.25) is 0 Å². The number of carbonyl (C=O) groups is 1. The number of aryl methyl sites for hydroxylation is 1. The van der Waals surface area contributed by atoms with Crippen molar-refractivity contribution in [2.75, 3.05) is 10.8 Å². The number of nitrogens with one attached hydrogen (secondary N) is 1. The second-order valence-corrected chi connectivity index (χ2v) is 11.9. The van der Waals surface area contributed by atoms with Crippen molar-refractivity contribution in [3.63, 3.8) is 0 Å². The van der Waals surface area contributed by atoms with Crippen LogP contribution in [0.1, 0.15) is 46.6 Å². The highest BCUT2D eigenvalue weighted by atomic mass is 32.2. The van der Waals surface area contributed by atoms with Gasteiger partial charge in [-0.3, -0.25) is 9.10 Å². The first kappa shape index (κ1) is 23.1. The van der Waals surface area contributed by atoms with Crippen molar-refractivity contribution in [3.8, 4) is 5.75 Å². The second kappa shape index (κ2) is 8.19. The number of nitrogens with zero attached hydrogens (tertiary/aromatic N) is 1. The number of para-hydroxylation sites is 2. The van der Waals surface area contributed by atoms with E-state index in [9.17, 15) is 13.2 Å². The summed E-state index contributed by atoms with van der Waals surface area (Å²) in [5.41, 5.74) is 0.967. The van der Waals surface area contributed by atoms with Crippen LogP contribution in [0.5, 0.6) is 5.75 Å². The summed E-state index contributed by atoms with van der Waals surface area (Å²) in [6, 6.07) is 13.6. The van der Waals surface area contributed by atoms with Crippen LogP contribution in [0.15, 0.2) is 53.4 Å². The third kappa shape index (κ3) is 5.39. The van der Waals surface area contributed by atoms with Crippen LogP contribution in [-0.2, 0) is 14.8 Å². The van der Waals surface area contributed by atoms with Gasteiger partial charge in [0.1, 0.15) is 5.75 Å². The molecule has 168 valence electrons. The van der Waals surface area contributed by atoms with Crippen LogP contribution in [-0.4, -0.2) is 32.5 Å². The smallest absolute Gasteiger partial charge is 0.264 e. The zero-order chi connectivity index (χ0) is 23.0. The maximum absolute atomic E-state index is 13.4. The van der Waals surface area contributed by atoms with E-state index in [0.717, 1.165) is 12.0 Å². The SMILES string of the molecule is Cc1ccc(S(=O)(=O)N2C[C@H](C(=O)NC(C)(C)CC(C)(C)C)Oc3ccccc32)cc1. The van der Waals surface area contributed by atoms with Crippen molar-refractivity contribution in [2.24, 2.45) is 5.41 Å². The Hall–Kier alpha value is -2.54. The van der Waals surface area contributed by atoms with Gasteiger partial charge in [0, 0.05) is 5.54 Å². The number of carbonyl (C=O) groups excluding carboxylic acids is 1. The van der Waals surface area contributed by atoms with Gasteiger partial charge in [0.05, 0.1) is 17.1 Å². The molecular formula is C24H32N2O4S. The third-order valence-electron chi connectivity index (χ3n) is 5.07. The second-order valence-electron chi connectivity index (χ2n) is 10.0. The molecule has 0 aliphatic carbocycles. The first-order chi connectivity index (χ1) is 14.3. The van der Waals surface area contributed by atoms with Gasteiger partial charge in [0.15, 0.2) is 6.10 Å². The van der Waals surface area contributed by atoms with Gasteiger partial charge in [0.25, 0.3) is 15.9 Å². The molecule has 0 saturated carbocycles. The van der Waals surface area contributed by atoms with Gasteiger partial charge in [-0.05, 0) is 56.9 Å². The molecule has 7 heteroatoms. The maximum Gasteiger partial charge on any atom is 0.264 e. The molecular weight excluding hydrogens is 412 g/mol. The van der Waals surface area contributed by atoms with E-state index in [0.29, 0.717) is 11.4 Å². The average Bonchev–Trinajstić information content (AvgIpc) is 2.65. The highest BCUT2D eigenvalue weighted by Gasteiger charge is 2.39. The molecule has 2 aromatic rings. The van der Waals surface area contributed by atoms with Crippen molar-refractivity contribution in [1.29, 1.82) is 0 Å². The molecule has 1 amide bonds. The van der Waals surface area contributed by atoms with E-state index < -0.39 is 21.7 Å². The fourth-order valence-electron chi connectivity index (χ4n) is 4.19. The minimum Gasteiger partial charge on any atom is -0.476 e. The van der Waals surface area contributed by atoms with Crippen LogP contribution in [0, 0.1) is 12.3 Å². The van der Waals surface area contributed by atoms with Crippen LogP contribution >= 0.6 is 0 Å². The number of anilines is 1. The summed E-state index contributed by atoms with van der Waals surface area (Å²) in [4.78, 5) is 13.3. The summed E-state index contributed by atoms with van der Waals surface area (Å²) in [6.45, 7) is 12.1. The predicted octanol–water partition coefficient (Wildman–Crippen LogP) is 4.28. The Morgan fingerprint density at radius 1 is 1.06 bits per heavy atom. The van der Waals surface area contributed by atoms with Crippen LogP contribution < -0.4 is 14.4 Å². The molecule has 1 N–H and O–H groups in total. The summed E-state index contributed by atoms with van der Waals surface area (Å²) < 4.78 is 34.1. The summed E-state index contributed by atoms with van der Waals surface area (Å²) >= 11 is 0. The van der Waals surface area contributed by atoms with E-state index >= 15 is 0 Å². The van der Waals surface area contributed by atoms with Gasteiger partial charge in [-0.1, -0.05) is 50.6 Å². The van der Waals surface area contributed by atoms with Gasteiger partial charge < -0.3 is 10.1 Å². The van der Waals surface area contributed by atoms with Gasteiger partial charge in [0.2, 0.25) is 0 Å². The highest BCUT2D eigenvalue weighted by molar-refractivity contribution is 7.92. The molecule has 1 aliphatic heterocycles. The maximum atomic E-state index is 13.4. The highest BCUT2D eigenvalue weighted by Crippen LogP contribution is 2.37. The van der Waals surface area contributed by atoms with Gasteiger partial charge in [-0.2, -0.15) is 0 Å². The molecule has 0 saturated heterocycles. The molecule has 1 aliphatic rings. The largest absolute Gasteiger partial charge is 0.476 e. The first-order valence-corrected chi connectivity index (χ1v) is 11.9. The molecule has 3 rings (SSSR count). The minimum absolute atomic E-state index is 0.0254. The molecule has 0 aromatic heterocycles. The number of rotatable bonds is 5. The van der Waals surface area contributed by atoms with Crippen LogP contribution in [0.4, 0.5) is 5.69 Å². The Balaban J connectivity index is 1.91. The van der Waals surface area contributed by atoms with E-state index in [4.69, 9.17) is 4.74 Å². The fraction of sp³-hybridized carbons (Fsp3) is 0.458. The summed E-state index contributed by atoms with van der Waals surface area (Å²) in [6.07, 6.45) is -0.185. The van der Waals surface area contributed by atoms with E-state index in [1.165, 1.54) is 4.31 Å². The molecule has 6 nitrogen and oxygen atoms in total. The number of benzene rings is 2. The number of fused-ring (bicyclic) bond motifs is 1. The summed E-state index contributed by atoms with van der Waals surface area (Å²) in [5.74, 6) is 0.0473. The van der Waals surface area contributed by atoms with Crippen molar-refractivity contribution >= 4 is 21.6 Å². The van der Waals surface area contributed by atoms with Gasteiger partial charge in [-0.25, -0.2) is 8.42 Å². The number of ether oxygens (including phenoxy) is 1. The Morgan fingerprint density at radius 2 is 1.68 bits per heavy atom. The lowest BCUT2D eigenvalue weighted by Crippen LogP contribution is -2.55. The van der Waals surface area contributed by atoms with Crippen molar-refractivity contribution in [3.05, 3.63) is 54.1 Å². The van der Waals surface area contributed by atoms with Crippen LogP contribution in [0.25, 0.3) is 0 Å². The number of hydrogen-bond donors (Lipinski definition) is 1. The molecule has 0 radical (unpaired) electrons. The quantitative estimate of drug-likeness (QED) is 0.747. The summed E-state index contributed by atoms with van der Waals surface area (Å²) in [7, 11) is -3.86. The normalized spacial score (nSPS) is 17.0. The molecule has 1 atom stereocenters. The van der Waals surface area contributed by atoms with Crippen molar-refractivity contribution < 1.29 is 17.9 Å². The molecule has 0 spiro atoms. The van der Waals surface area contributed by atoms with Gasteiger partial charge in [-0.15, -0.1) is 0 Å². The van der Waals surface area contributed by atoms with Crippen LogP contribution in [0.3, 0.4) is 0 Å². The zero-order valence-corrected chi connectivity index (χ0v) is 19.9. The summed E-state index contributed by atoms with van der Waals surface area (Å²) in [5, 5.41) is 3.05. The third-order valence-corrected chi connectivity index (χ3v) is 6.86. The zero-order valence-electron chi connectivity index (χ0n) is 19.1. The Morgan fingerprint density at radius 3 is 2.29 bits per heavy atom. The number of sulfonamides is 1. The molecule has 0 bridgehead atoms. The molecule has 2 aromatic carbocycles. The molecule has 0 fully saturated rings. The molecule has 0 unspecified atom stereocenters. The predicted molar refractivity (Wildman–Crippen MR) is 123 cm³/mol. The Labute approximate surface area is 185 Å². The topological polar surface area (TPSA) is 75.7 Å². The number of hydrogen-bond acceptors (Lipinski definition) is 4. The lowest BCUT2D eigenvalue weighted by atomic mass is 9.81. The van der Waals surface area contributed by atoms with Gasteiger partial charge >= 0.3 is 0 Å². The van der Waals surface area contributed by atoms with Crippen molar-refractivity contribution in [1.82, 2.24) is 5.32 Å². The van der Waals surface area contributed by atoms with E-state index in [2.05, 4.69) is 26.1 Å². The Kier molecular flexibility index (Phi) is 6.11. The van der Waals surface area contributed by atoms with E-state index in [1.54, 1.807) is 48.5 Å². The lowest BCUT2D eigenvalue weighted by Gasteiger charge is -2.38. The lowest BCUT2D eigenvalue weighted by molar-refractivity contribution is -0.129. The monoisotopic (exact) mass is 444 g/mol. The Bertz CT molecular complexity index is 1050. The molecule has 1 heterocycles. The van der Waals surface area contributed by atoms with E-state index in [-0.39, 0.29) is 22.8 Å². The standard InChI is InChI=1S/C24H32N2O4S/c1-17-11-13-18(14-12-17)31(28,29)26-15-21(30-20-10-8-7-9-19(20)26)22(27)25-24(5,6)16-23(2,3)4/h7-14,21H,15-16H2,1-6H3,(H,25,27)/t21-/m1/s1. The fourth-order valence-corrected chi connectivity index (χ4v) is 5.66. The first-order valence-electron chi connectivity index (χ1n) is 10.5. The number of amides is 1. The van der Waals surface area contributed by atoms with Crippen molar-refractivity contribution in [2.45, 2.75) is 64.5 Å². The van der Waals surface area contributed by atoms with E-state index in [1.807, 2.05) is 20.8 Å². The minimum atomic E-state index is -3.86. The average molecular weight is 445 g/mol.